The molecule has 0 aromatic heterocycles. The molecule has 49 heavy (non-hydrogen) atoms. The Hall–Kier alpha value is -4.85. The number of likely N-dealkylation sites (tertiary alicyclic amines) is 1. The Labute approximate surface area is 291 Å². The Balaban J connectivity index is 1.33. The maximum absolute atomic E-state index is 12.6. The summed E-state index contributed by atoms with van der Waals surface area (Å²) in [5.41, 5.74) is 7.72. The minimum atomic E-state index is -0.564. The number of phenols is 1. The van der Waals surface area contributed by atoms with Gasteiger partial charge in [0.15, 0.2) is 0 Å². The summed E-state index contributed by atoms with van der Waals surface area (Å²) < 4.78 is 5.39. The van der Waals surface area contributed by atoms with E-state index in [9.17, 15) is 29.1 Å². The number of nitrogens with zero attached hydrogens (tertiary/aromatic N) is 2. The number of amides is 4. The number of aromatic hydroxyl groups is 1. The van der Waals surface area contributed by atoms with Crippen LogP contribution >= 0.6 is 11.8 Å². The molecule has 1 heterocycles. The van der Waals surface area contributed by atoms with Gasteiger partial charge in [-0.2, -0.15) is 11.8 Å². The van der Waals surface area contributed by atoms with Gasteiger partial charge < -0.3 is 25.4 Å². The molecular formula is C35H47N6O7S+. The monoisotopic (exact) mass is 695 g/mol. The highest BCUT2D eigenvalue weighted by molar-refractivity contribution is 8.00. The van der Waals surface area contributed by atoms with Crippen molar-refractivity contribution < 1.29 is 39.2 Å². The number of amidine groups is 1. The molecule has 1 aliphatic rings. The lowest BCUT2D eigenvalue weighted by molar-refractivity contribution is -0.138. The molecule has 0 saturated carbocycles. The number of hydrogen-bond acceptors (Lipinski definition) is 9. The fourth-order valence-electron chi connectivity index (χ4n) is 5.12. The second-order valence-electron chi connectivity index (χ2n) is 11.6. The van der Waals surface area contributed by atoms with Crippen molar-refractivity contribution >= 4 is 59.0 Å². The maximum atomic E-state index is 12.6. The summed E-state index contributed by atoms with van der Waals surface area (Å²) in [5.74, 6) is -0.786. The van der Waals surface area contributed by atoms with Gasteiger partial charge in [0.2, 0.25) is 23.6 Å². The van der Waals surface area contributed by atoms with E-state index in [1.165, 1.54) is 16.7 Å². The Morgan fingerprint density at radius 1 is 1.06 bits per heavy atom. The Morgan fingerprint density at radius 2 is 1.76 bits per heavy atom. The van der Waals surface area contributed by atoms with Gasteiger partial charge in [-0.05, 0) is 75.4 Å². The van der Waals surface area contributed by atoms with Crippen LogP contribution in [0.3, 0.4) is 0 Å². The third-order valence-corrected chi connectivity index (χ3v) is 8.95. The summed E-state index contributed by atoms with van der Waals surface area (Å²) >= 11 is 1.35. The molecule has 0 bridgehead atoms. The lowest BCUT2D eigenvalue weighted by Crippen LogP contribution is -2.46. The first kappa shape index (κ1) is 38.6. The zero-order valence-electron chi connectivity index (χ0n) is 28.3. The van der Waals surface area contributed by atoms with E-state index in [1.54, 1.807) is 55.7 Å². The molecule has 0 radical (unpaired) electrons. The normalized spacial score (nSPS) is 14.5. The van der Waals surface area contributed by atoms with Crippen LogP contribution < -0.4 is 31.4 Å². The number of rotatable bonds is 19. The number of phenolic OH excluding ortho intramolecular Hbond substituents is 1. The van der Waals surface area contributed by atoms with Crippen LogP contribution in [0.4, 0.5) is 5.69 Å². The summed E-state index contributed by atoms with van der Waals surface area (Å²) in [6, 6.07) is 11.7. The number of thioether (sulfide) groups is 1. The third kappa shape index (κ3) is 12.0. The van der Waals surface area contributed by atoms with Crippen LogP contribution in [0, 0.1) is 0 Å². The number of carbonyl (C=O) groups excluding carboxylic acids is 5. The lowest BCUT2D eigenvalue weighted by atomic mass is 10.1. The second kappa shape index (κ2) is 19.2. The average molecular weight is 696 g/mol. The molecule has 0 spiro atoms. The highest BCUT2D eigenvalue weighted by atomic mass is 32.2. The third-order valence-electron chi connectivity index (χ3n) is 8.01. The van der Waals surface area contributed by atoms with Gasteiger partial charge in [-0.25, -0.2) is 4.79 Å². The number of benzene rings is 2. The van der Waals surface area contributed by atoms with E-state index in [1.807, 2.05) is 17.9 Å². The Bertz CT molecular complexity index is 1550. The first-order valence-electron chi connectivity index (χ1n) is 16.3. The fraction of sp³-hybridized carbons (Fsp3) is 0.429. The molecule has 7 N–H and O–H groups in total. The number of unbranched alkanes of at least 4 members (excludes halogenated alkanes) is 2. The minimum Gasteiger partial charge on any atom is -0.507 e. The lowest BCUT2D eigenvalue weighted by Gasteiger charge is -2.24. The topological polar surface area (TPSA) is 197 Å². The summed E-state index contributed by atoms with van der Waals surface area (Å²) in [7, 11) is 0. The van der Waals surface area contributed by atoms with Gasteiger partial charge >= 0.3 is 5.97 Å². The van der Waals surface area contributed by atoms with Gasteiger partial charge in [-0.1, -0.05) is 6.42 Å². The number of nitrogens with one attached hydrogen (secondary N) is 2. The molecule has 0 aliphatic carbocycles. The molecule has 2 aromatic rings. The van der Waals surface area contributed by atoms with Crippen LogP contribution in [-0.4, -0.2) is 89.7 Å². The maximum Gasteiger partial charge on any atom is 0.339 e. The van der Waals surface area contributed by atoms with Gasteiger partial charge in [0.05, 0.1) is 10.8 Å². The predicted molar refractivity (Wildman–Crippen MR) is 190 cm³/mol. The van der Waals surface area contributed by atoms with Crippen LogP contribution in [0.15, 0.2) is 48.0 Å². The number of anilines is 1. The smallest absolute Gasteiger partial charge is 0.339 e. The highest BCUT2D eigenvalue weighted by Gasteiger charge is 2.37. The van der Waals surface area contributed by atoms with Crippen molar-refractivity contribution in [2.45, 2.75) is 57.6 Å². The fourth-order valence-corrected chi connectivity index (χ4v) is 5.76. The molecule has 14 heteroatoms. The molecule has 1 aliphatic heterocycles. The number of hydrogen-bond donors (Lipinski definition) is 5. The van der Waals surface area contributed by atoms with Crippen molar-refractivity contribution in [1.82, 2.24) is 15.5 Å². The van der Waals surface area contributed by atoms with E-state index in [-0.39, 0.29) is 59.9 Å². The molecule has 13 nitrogen and oxygen atoms in total. The number of imide groups is 1. The minimum absolute atomic E-state index is 0.00253. The summed E-state index contributed by atoms with van der Waals surface area (Å²) in [5, 5.41) is 21.6. The van der Waals surface area contributed by atoms with E-state index >= 15 is 0 Å². The standard InChI is InChI=1S/C35H46N6O7S/c1-4-40(26-12-9-25(28(42)21-26)20-23(2)35(47)48-27-13-10-24(11-14-27)33(36)37)19-17-39-30(43)8-6-5-7-16-38-31(44)15-18-41-32(45)22-29(49-3)34(41)46/h9-14,20-21,29,42H,4-8,15-19,22H2,1-3H3,(H3,36,37)(H,38,44)(H,39,43)/p+1/b23-20+. The SMILES string of the molecule is CCN(CCNC(=O)CCCCCNC(=O)CCN1C(=O)CC(SC)C1=O)c1ccc(/C=C(\C)C(=O)Oc2ccc(C(N)=[NH2+])cc2)c(O)c1. The zero-order valence-corrected chi connectivity index (χ0v) is 29.1. The number of nitrogens with two attached hydrogens (primary N) is 2. The van der Waals surface area contributed by atoms with Gasteiger partial charge in [0.25, 0.3) is 5.84 Å². The quantitative estimate of drug-likeness (QED) is 0.0272. The number of esters is 1. The second-order valence-corrected chi connectivity index (χ2v) is 12.6. The van der Waals surface area contributed by atoms with Crippen LogP contribution in [0.25, 0.3) is 6.08 Å². The van der Waals surface area contributed by atoms with Gasteiger partial charge in [-0.15, -0.1) is 0 Å². The summed E-state index contributed by atoms with van der Waals surface area (Å²) in [6.45, 7) is 5.75. The van der Waals surface area contributed by atoms with Crippen molar-refractivity contribution in [3.63, 3.8) is 0 Å². The van der Waals surface area contributed by atoms with E-state index in [0.29, 0.717) is 67.9 Å². The van der Waals surface area contributed by atoms with E-state index in [2.05, 4.69) is 10.6 Å². The predicted octanol–water partition coefficient (Wildman–Crippen LogP) is 1.37. The molecular weight excluding hydrogens is 648 g/mol. The van der Waals surface area contributed by atoms with Crippen molar-refractivity contribution in [3.8, 4) is 11.5 Å². The Morgan fingerprint density at radius 3 is 2.39 bits per heavy atom. The molecule has 264 valence electrons. The average Bonchev–Trinajstić information content (AvgIpc) is 3.36. The molecule has 1 unspecified atom stereocenters. The first-order chi connectivity index (χ1) is 23.4. The summed E-state index contributed by atoms with van der Waals surface area (Å²) in [6.07, 6.45) is 6.13. The highest BCUT2D eigenvalue weighted by Crippen LogP contribution is 2.27. The summed E-state index contributed by atoms with van der Waals surface area (Å²) in [4.78, 5) is 64.3. The Kier molecular flexibility index (Phi) is 15.1. The largest absolute Gasteiger partial charge is 0.507 e. The van der Waals surface area contributed by atoms with Crippen molar-refractivity contribution in [1.29, 1.82) is 0 Å². The molecule has 1 fully saturated rings. The molecule has 3 rings (SSSR count). The van der Waals surface area contributed by atoms with Crippen LogP contribution in [0.5, 0.6) is 11.5 Å². The van der Waals surface area contributed by atoms with E-state index in [0.717, 1.165) is 12.1 Å². The molecule has 1 atom stereocenters. The van der Waals surface area contributed by atoms with Crippen LogP contribution in [-0.2, 0) is 24.0 Å². The van der Waals surface area contributed by atoms with Crippen molar-refractivity contribution in [3.05, 3.63) is 59.2 Å². The molecule has 2 aromatic carbocycles. The zero-order chi connectivity index (χ0) is 35.9. The van der Waals surface area contributed by atoms with Crippen LogP contribution in [0.1, 0.15) is 63.5 Å². The number of ether oxygens (including phenoxy) is 1. The van der Waals surface area contributed by atoms with Crippen molar-refractivity contribution in [2.75, 3.05) is 43.9 Å². The molecule has 4 amide bonds. The van der Waals surface area contributed by atoms with Crippen LogP contribution in [0.2, 0.25) is 0 Å². The van der Waals surface area contributed by atoms with E-state index < -0.39 is 5.97 Å². The van der Waals surface area contributed by atoms with Crippen molar-refractivity contribution in [2.24, 2.45) is 5.73 Å². The van der Waals surface area contributed by atoms with Gasteiger partial charge in [-0.3, -0.25) is 35.2 Å². The number of likely N-dealkylation sites (N-methyl/N-ethyl adjacent to an activating group) is 1. The van der Waals surface area contributed by atoms with Gasteiger partial charge in [0, 0.05) is 74.9 Å². The van der Waals surface area contributed by atoms with Gasteiger partial charge in [0.1, 0.15) is 11.5 Å². The van der Waals surface area contributed by atoms with E-state index in [4.69, 9.17) is 15.9 Å². The first-order valence-corrected chi connectivity index (χ1v) is 17.6. The number of carbonyl (C=O) groups is 5. The molecule has 1 saturated heterocycles.